The molecule has 0 saturated carbocycles. The van der Waals surface area contributed by atoms with Crippen molar-refractivity contribution in [3.8, 4) is 0 Å². The van der Waals surface area contributed by atoms with Gasteiger partial charge in [0.25, 0.3) is 0 Å². The zero-order chi connectivity index (χ0) is 23.3. The number of nitrogens with zero attached hydrogens (tertiary/aromatic N) is 2. The Morgan fingerprint density at radius 2 is 1.91 bits per heavy atom. The second-order valence-electron chi connectivity index (χ2n) is 8.35. The second-order valence-corrected chi connectivity index (χ2v) is 10.4. The molecule has 1 aliphatic rings. The summed E-state index contributed by atoms with van der Waals surface area (Å²) in [5.74, 6) is -0.349. The van der Waals surface area contributed by atoms with Gasteiger partial charge in [-0.15, -0.1) is 0 Å². The second kappa shape index (κ2) is 10.4. The lowest BCUT2D eigenvalue weighted by atomic mass is 10.0. The van der Waals surface area contributed by atoms with Crippen molar-refractivity contribution in [1.82, 2.24) is 14.6 Å². The molecule has 1 aliphatic heterocycles. The molecule has 0 bridgehead atoms. The van der Waals surface area contributed by atoms with Crippen molar-refractivity contribution in [2.45, 2.75) is 52.4 Å². The summed E-state index contributed by atoms with van der Waals surface area (Å²) in [6.45, 7) is 7.46. The van der Waals surface area contributed by atoms with Gasteiger partial charge in [-0.3, -0.25) is 4.98 Å². The molecule has 0 aliphatic carbocycles. The third kappa shape index (κ3) is 6.27. The Bertz CT molecular complexity index is 1010. The van der Waals surface area contributed by atoms with Crippen molar-refractivity contribution in [1.29, 1.82) is 0 Å². The summed E-state index contributed by atoms with van der Waals surface area (Å²) in [5.41, 5.74) is 5.33. The van der Waals surface area contributed by atoms with Gasteiger partial charge in [0.05, 0.1) is 24.5 Å². The van der Waals surface area contributed by atoms with E-state index < -0.39 is 22.2 Å². The molecule has 1 aromatic carbocycles. The minimum absolute atomic E-state index is 0.00665. The molecule has 2 N–H and O–H groups in total. The van der Waals surface area contributed by atoms with E-state index in [0.717, 1.165) is 0 Å². The maximum atomic E-state index is 13.0. The van der Waals surface area contributed by atoms with Crippen molar-refractivity contribution < 1.29 is 23.1 Å². The van der Waals surface area contributed by atoms with E-state index in [-0.39, 0.29) is 11.9 Å². The number of piperidine rings is 1. The molecule has 1 atom stereocenters. The number of hydrogen-bond acceptors (Lipinski definition) is 5. The molecule has 32 heavy (non-hydrogen) atoms. The third-order valence-electron chi connectivity index (χ3n) is 5.86. The SMILES string of the molecule is Cc1cc(C)c(COC2CCN(S(=O)(=O)CC(NC(=O)O)c3cccnc3)CC2)c(C)c1. The lowest BCUT2D eigenvalue weighted by Crippen LogP contribution is -2.44. The quantitative estimate of drug-likeness (QED) is 0.624. The summed E-state index contributed by atoms with van der Waals surface area (Å²) in [5, 5.41) is 11.4. The van der Waals surface area contributed by atoms with Gasteiger partial charge in [-0.05, 0) is 61.9 Å². The standard InChI is InChI=1S/C23H31N3O5S/c1-16-11-17(2)21(18(3)12-16)14-31-20-6-9-26(10-7-20)32(29,30)15-22(25-23(27)28)19-5-4-8-24-13-19/h4-5,8,11-13,20,22,25H,6-7,9-10,14-15H2,1-3H3,(H,27,28). The number of hydrogen-bond donors (Lipinski definition) is 2. The number of benzene rings is 1. The average Bonchev–Trinajstić information content (AvgIpc) is 2.73. The van der Waals surface area contributed by atoms with E-state index >= 15 is 0 Å². The molecule has 1 fully saturated rings. The van der Waals surface area contributed by atoms with Crippen LogP contribution < -0.4 is 5.32 Å². The highest BCUT2D eigenvalue weighted by Crippen LogP contribution is 2.23. The van der Waals surface area contributed by atoms with Crippen molar-refractivity contribution >= 4 is 16.1 Å². The Hall–Kier alpha value is -2.49. The zero-order valence-electron chi connectivity index (χ0n) is 18.7. The van der Waals surface area contributed by atoms with E-state index in [1.54, 1.807) is 18.3 Å². The van der Waals surface area contributed by atoms with Crippen LogP contribution in [0.4, 0.5) is 4.79 Å². The summed E-state index contributed by atoms with van der Waals surface area (Å²) < 4.78 is 33.5. The zero-order valence-corrected chi connectivity index (χ0v) is 19.6. The van der Waals surface area contributed by atoms with Gasteiger partial charge in [-0.1, -0.05) is 23.8 Å². The van der Waals surface area contributed by atoms with E-state index in [0.29, 0.717) is 38.1 Å². The van der Waals surface area contributed by atoms with E-state index in [1.165, 1.54) is 32.8 Å². The molecule has 1 aromatic heterocycles. The maximum absolute atomic E-state index is 13.0. The van der Waals surface area contributed by atoms with Gasteiger partial charge in [0.15, 0.2) is 0 Å². The molecule has 9 heteroatoms. The molecular formula is C23H31N3O5S. The van der Waals surface area contributed by atoms with Gasteiger partial charge in [-0.25, -0.2) is 17.5 Å². The van der Waals surface area contributed by atoms with Crippen molar-refractivity contribution in [2.75, 3.05) is 18.8 Å². The fourth-order valence-corrected chi connectivity index (χ4v) is 5.86. The van der Waals surface area contributed by atoms with Crippen LogP contribution in [-0.2, 0) is 21.4 Å². The number of aromatic nitrogens is 1. The summed E-state index contributed by atoms with van der Waals surface area (Å²) in [4.78, 5) is 15.2. The smallest absolute Gasteiger partial charge is 0.405 e. The molecule has 2 heterocycles. The number of rotatable bonds is 8. The lowest BCUT2D eigenvalue weighted by molar-refractivity contribution is 0.00977. The molecule has 1 saturated heterocycles. The Labute approximate surface area is 189 Å². The molecule has 2 aromatic rings. The Morgan fingerprint density at radius 3 is 2.47 bits per heavy atom. The highest BCUT2D eigenvalue weighted by Gasteiger charge is 2.32. The minimum Gasteiger partial charge on any atom is -0.465 e. The first-order chi connectivity index (χ1) is 15.2. The number of carboxylic acid groups (broad SMARTS) is 1. The number of amides is 1. The first-order valence-electron chi connectivity index (χ1n) is 10.7. The highest BCUT2D eigenvalue weighted by atomic mass is 32.2. The van der Waals surface area contributed by atoms with Crippen LogP contribution in [0.2, 0.25) is 0 Å². The summed E-state index contributed by atoms with van der Waals surface area (Å²) in [6.07, 6.45) is 2.96. The highest BCUT2D eigenvalue weighted by molar-refractivity contribution is 7.89. The van der Waals surface area contributed by atoms with Crippen molar-refractivity contribution in [2.24, 2.45) is 0 Å². The van der Waals surface area contributed by atoms with E-state index in [1.807, 2.05) is 0 Å². The Kier molecular flexibility index (Phi) is 7.86. The Morgan fingerprint density at radius 1 is 1.25 bits per heavy atom. The Balaban J connectivity index is 1.58. The molecule has 0 radical (unpaired) electrons. The molecular weight excluding hydrogens is 430 g/mol. The number of nitrogens with one attached hydrogen (secondary N) is 1. The van der Waals surface area contributed by atoms with Crippen molar-refractivity contribution in [3.63, 3.8) is 0 Å². The van der Waals surface area contributed by atoms with E-state index in [9.17, 15) is 13.2 Å². The van der Waals surface area contributed by atoms with Crippen LogP contribution in [0.3, 0.4) is 0 Å². The first kappa shape index (κ1) is 24.2. The molecule has 8 nitrogen and oxygen atoms in total. The van der Waals surface area contributed by atoms with Gasteiger partial charge in [0.1, 0.15) is 0 Å². The fourth-order valence-electron chi connectivity index (χ4n) is 4.18. The normalized spacial score (nSPS) is 16.6. The van der Waals surface area contributed by atoms with Crippen LogP contribution in [0.15, 0.2) is 36.7 Å². The molecule has 174 valence electrons. The van der Waals surface area contributed by atoms with E-state index in [4.69, 9.17) is 9.84 Å². The average molecular weight is 462 g/mol. The van der Waals surface area contributed by atoms with Gasteiger partial charge in [0.2, 0.25) is 10.0 Å². The lowest BCUT2D eigenvalue weighted by Gasteiger charge is -2.32. The summed E-state index contributed by atoms with van der Waals surface area (Å²) >= 11 is 0. The molecule has 1 unspecified atom stereocenters. The van der Waals surface area contributed by atoms with Crippen LogP contribution in [0.25, 0.3) is 0 Å². The topological polar surface area (TPSA) is 109 Å². The number of carbonyl (C=O) groups is 1. The van der Waals surface area contributed by atoms with Crippen LogP contribution in [0.5, 0.6) is 0 Å². The number of sulfonamides is 1. The number of aryl methyl sites for hydroxylation is 3. The number of pyridine rings is 1. The molecule has 1 amide bonds. The largest absolute Gasteiger partial charge is 0.465 e. The van der Waals surface area contributed by atoms with Gasteiger partial charge >= 0.3 is 6.09 Å². The van der Waals surface area contributed by atoms with Crippen molar-refractivity contribution in [3.05, 3.63) is 64.5 Å². The molecule has 0 spiro atoms. The van der Waals surface area contributed by atoms with E-state index in [2.05, 4.69) is 43.2 Å². The predicted molar refractivity (Wildman–Crippen MR) is 122 cm³/mol. The number of ether oxygens (including phenoxy) is 1. The van der Waals surface area contributed by atoms with Crippen LogP contribution in [0, 0.1) is 20.8 Å². The fraction of sp³-hybridized carbons (Fsp3) is 0.478. The van der Waals surface area contributed by atoms with Crippen LogP contribution in [-0.4, -0.2) is 53.9 Å². The van der Waals surface area contributed by atoms with Crippen LogP contribution in [0.1, 0.15) is 46.7 Å². The third-order valence-corrected chi connectivity index (χ3v) is 7.77. The van der Waals surface area contributed by atoms with Gasteiger partial charge in [-0.2, -0.15) is 0 Å². The summed E-state index contributed by atoms with van der Waals surface area (Å²) in [7, 11) is -3.66. The van der Waals surface area contributed by atoms with Gasteiger partial charge < -0.3 is 15.2 Å². The summed E-state index contributed by atoms with van der Waals surface area (Å²) in [6, 6.07) is 6.72. The monoisotopic (exact) mass is 461 g/mol. The van der Waals surface area contributed by atoms with Gasteiger partial charge in [0, 0.05) is 25.5 Å². The maximum Gasteiger partial charge on any atom is 0.405 e. The minimum atomic E-state index is -3.66. The van der Waals surface area contributed by atoms with Crippen LogP contribution >= 0.6 is 0 Å². The predicted octanol–water partition coefficient (Wildman–Crippen LogP) is 3.33. The first-order valence-corrected chi connectivity index (χ1v) is 12.3. The molecule has 3 rings (SSSR count).